The fourth-order valence-corrected chi connectivity index (χ4v) is 1.88. The first-order valence-corrected chi connectivity index (χ1v) is 5.45. The van der Waals surface area contributed by atoms with Crippen LogP contribution in [0.15, 0.2) is 47.8 Å². The predicted octanol–water partition coefficient (Wildman–Crippen LogP) is 1.46. The Morgan fingerprint density at radius 2 is 2.11 bits per heavy atom. The van der Waals surface area contributed by atoms with Crippen LogP contribution in [0.25, 0.3) is 0 Å². The molecule has 0 saturated heterocycles. The Labute approximate surface area is 105 Å². The maximum absolute atomic E-state index is 12.1. The minimum atomic E-state index is -0.979. The number of nitrogens with zero attached hydrogens (tertiary/aromatic N) is 3. The lowest BCUT2D eigenvalue weighted by Gasteiger charge is -2.27. The molecule has 2 rings (SSSR count). The SMILES string of the molecule is C=NC(=O)C(C)(c1ccccc1)n1cnc(N)c1. The van der Waals surface area contributed by atoms with Gasteiger partial charge in [0.05, 0.1) is 6.33 Å². The van der Waals surface area contributed by atoms with Crippen molar-refractivity contribution in [3.8, 4) is 0 Å². The van der Waals surface area contributed by atoms with Crippen molar-refractivity contribution in [1.29, 1.82) is 0 Å². The van der Waals surface area contributed by atoms with Crippen molar-refractivity contribution in [3.05, 3.63) is 48.4 Å². The maximum Gasteiger partial charge on any atom is 0.275 e. The number of nitrogen functional groups attached to an aromatic ring is 1. The molecule has 0 aliphatic rings. The molecule has 1 aromatic carbocycles. The van der Waals surface area contributed by atoms with Crippen LogP contribution in [0.1, 0.15) is 12.5 Å². The lowest BCUT2D eigenvalue weighted by Crippen LogP contribution is -2.38. The minimum absolute atomic E-state index is 0.355. The summed E-state index contributed by atoms with van der Waals surface area (Å²) in [6.07, 6.45) is 3.13. The molecule has 0 fully saturated rings. The normalized spacial score (nSPS) is 13.8. The van der Waals surface area contributed by atoms with Crippen LogP contribution in [0.2, 0.25) is 0 Å². The van der Waals surface area contributed by atoms with E-state index in [4.69, 9.17) is 5.73 Å². The van der Waals surface area contributed by atoms with E-state index >= 15 is 0 Å². The zero-order valence-electron chi connectivity index (χ0n) is 10.1. The fourth-order valence-electron chi connectivity index (χ4n) is 1.88. The Hall–Kier alpha value is -2.43. The van der Waals surface area contributed by atoms with Gasteiger partial charge in [-0.2, -0.15) is 0 Å². The summed E-state index contributed by atoms with van der Waals surface area (Å²) in [5, 5.41) is 0. The molecule has 2 N–H and O–H groups in total. The molecule has 92 valence electrons. The number of amides is 1. The average molecular weight is 242 g/mol. The molecular weight excluding hydrogens is 228 g/mol. The van der Waals surface area contributed by atoms with E-state index in [0.717, 1.165) is 5.56 Å². The van der Waals surface area contributed by atoms with E-state index < -0.39 is 5.54 Å². The summed E-state index contributed by atoms with van der Waals surface area (Å²) < 4.78 is 1.65. The largest absolute Gasteiger partial charge is 0.382 e. The van der Waals surface area contributed by atoms with E-state index in [0.29, 0.717) is 5.82 Å². The number of aromatic nitrogens is 2. The van der Waals surface area contributed by atoms with E-state index in [-0.39, 0.29) is 5.91 Å². The third-order valence-corrected chi connectivity index (χ3v) is 3.01. The van der Waals surface area contributed by atoms with Gasteiger partial charge in [0.25, 0.3) is 5.91 Å². The predicted molar refractivity (Wildman–Crippen MR) is 70.4 cm³/mol. The number of benzene rings is 1. The molecule has 5 heteroatoms. The highest BCUT2D eigenvalue weighted by Gasteiger charge is 2.36. The van der Waals surface area contributed by atoms with Gasteiger partial charge >= 0.3 is 0 Å². The number of hydrogen-bond acceptors (Lipinski definition) is 3. The summed E-state index contributed by atoms with van der Waals surface area (Å²) in [6, 6.07) is 9.34. The molecule has 0 saturated carbocycles. The number of rotatable bonds is 3. The van der Waals surface area contributed by atoms with Crippen LogP contribution in [0.3, 0.4) is 0 Å². The zero-order valence-corrected chi connectivity index (χ0v) is 10.1. The number of aliphatic imine (C=N–C) groups is 1. The van der Waals surface area contributed by atoms with Crippen molar-refractivity contribution >= 4 is 18.4 Å². The number of anilines is 1. The molecule has 0 aliphatic heterocycles. The third kappa shape index (κ3) is 1.79. The Bertz CT molecular complexity index is 576. The van der Waals surface area contributed by atoms with Crippen molar-refractivity contribution in [2.45, 2.75) is 12.5 Å². The Kier molecular flexibility index (Phi) is 2.97. The Balaban J connectivity index is 2.61. The third-order valence-electron chi connectivity index (χ3n) is 3.01. The monoisotopic (exact) mass is 242 g/mol. The first-order chi connectivity index (χ1) is 8.59. The summed E-state index contributed by atoms with van der Waals surface area (Å²) in [7, 11) is 0. The van der Waals surface area contributed by atoms with Crippen molar-refractivity contribution in [1.82, 2.24) is 9.55 Å². The van der Waals surface area contributed by atoms with E-state index in [1.807, 2.05) is 30.3 Å². The highest BCUT2D eigenvalue weighted by atomic mass is 16.2. The molecular formula is C13H14N4O. The fraction of sp³-hybridized carbons (Fsp3) is 0.154. The molecule has 0 spiro atoms. The molecule has 0 radical (unpaired) electrons. The summed E-state index contributed by atoms with van der Waals surface area (Å²) in [4.78, 5) is 19.6. The molecule has 1 aromatic heterocycles. The highest BCUT2D eigenvalue weighted by molar-refractivity contribution is 5.91. The average Bonchev–Trinajstić information content (AvgIpc) is 2.85. The maximum atomic E-state index is 12.1. The van der Waals surface area contributed by atoms with Crippen molar-refractivity contribution in [2.24, 2.45) is 4.99 Å². The smallest absolute Gasteiger partial charge is 0.275 e. The van der Waals surface area contributed by atoms with Gasteiger partial charge in [-0.3, -0.25) is 4.79 Å². The highest BCUT2D eigenvalue weighted by Crippen LogP contribution is 2.28. The molecule has 0 bridgehead atoms. The lowest BCUT2D eigenvalue weighted by molar-refractivity contribution is -0.123. The van der Waals surface area contributed by atoms with Gasteiger partial charge in [0.15, 0.2) is 0 Å². The van der Waals surface area contributed by atoms with Gasteiger partial charge < -0.3 is 10.3 Å². The van der Waals surface area contributed by atoms with Gasteiger partial charge in [-0.25, -0.2) is 9.98 Å². The number of carbonyl (C=O) groups excluding carboxylic acids is 1. The summed E-state index contributed by atoms with van der Waals surface area (Å²) in [6.45, 7) is 5.08. The topological polar surface area (TPSA) is 73.3 Å². The number of carbonyl (C=O) groups is 1. The van der Waals surface area contributed by atoms with Crippen LogP contribution < -0.4 is 5.73 Å². The Morgan fingerprint density at radius 3 is 2.61 bits per heavy atom. The van der Waals surface area contributed by atoms with Crippen molar-refractivity contribution in [2.75, 3.05) is 5.73 Å². The van der Waals surface area contributed by atoms with E-state index in [9.17, 15) is 4.79 Å². The van der Waals surface area contributed by atoms with Gasteiger partial charge in [0, 0.05) is 6.20 Å². The molecule has 2 aromatic rings. The number of hydrogen-bond donors (Lipinski definition) is 1. The van der Waals surface area contributed by atoms with Crippen molar-refractivity contribution < 1.29 is 4.79 Å². The molecule has 1 amide bonds. The van der Waals surface area contributed by atoms with Gasteiger partial charge in [0.2, 0.25) is 0 Å². The van der Waals surface area contributed by atoms with Crippen LogP contribution in [-0.2, 0) is 10.3 Å². The minimum Gasteiger partial charge on any atom is -0.382 e. The second-order valence-electron chi connectivity index (χ2n) is 4.11. The van der Waals surface area contributed by atoms with Gasteiger partial charge in [-0.05, 0) is 19.2 Å². The quantitative estimate of drug-likeness (QED) is 0.828. The van der Waals surface area contributed by atoms with Crippen LogP contribution in [0.5, 0.6) is 0 Å². The van der Waals surface area contributed by atoms with Crippen LogP contribution in [-0.4, -0.2) is 22.2 Å². The second kappa shape index (κ2) is 4.44. The molecule has 0 aliphatic carbocycles. The van der Waals surface area contributed by atoms with E-state index in [2.05, 4.69) is 16.7 Å². The molecule has 1 heterocycles. The lowest BCUT2D eigenvalue weighted by atomic mass is 9.91. The van der Waals surface area contributed by atoms with Gasteiger partial charge in [0.1, 0.15) is 11.4 Å². The molecule has 1 unspecified atom stereocenters. The summed E-state index contributed by atoms with van der Waals surface area (Å²) >= 11 is 0. The summed E-state index contributed by atoms with van der Waals surface area (Å²) in [5.74, 6) is 0.000110. The first-order valence-electron chi connectivity index (χ1n) is 5.45. The van der Waals surface area contributed by atoms with Crippen molar-refractivity contribution in [3.63, 3.8) is 0 Å². The molecule has 18 heavy (non-hydrogen) atoms. The van der Waals surface area contributed by atoms with E-state index in [1.54, 1.807) is 17.7 Å². The second-order valence-corrected chi connectivity index (χ2v) is 4.11. The van der Waals surface area contributed by atoms with Crippen LogP contribution in [0.4, 0.5) is 5.82 Å². The first kappa shape index (κ1) is 12.0. The van der Waals surface area contributed by atoms with Crippen LogP contribution >= 0.6 is 0 Å². The zero-order chi connectivity index (χ0) is 13.2. The van der Waals surface area contributed by atoms with Crippen LogP contribution in [0, 0.1) is 0 Å². The number of nitrogens with two attached hydrogens (primary N) is 1. The number of imidazole rings is 1. The Morgan fingerprint density at radius 1 is 1.44 bits per heavy atom. The molecule has 1 atom stereocenters. The van der Waals surface area contributed by atoms with Gasteiger partial charge in [-0.15, -0.1) is 0 Å². The van der Waals surface area contributed by atoms with E-state index in [1.165, 1.54) is 6.33 Å². The summed E-state index contributed by atoms with van der Waals surface area (Å²) in [5.41, 5.74) is 5.43. The standard InChI is InChI=1S/C13H14N4O/c1-13(12(18)15-2,10-6-4-3-5-7-10)17-8-11(14)16-9-17/h3-9H,2,14H2,1H3. The van der Waals surface area contributed by atoms with Gasteiger partial charge in [-0.1, -0.05) is 30.3 Å². The molecule has 5 nitrogen and oxygen atoms in total.